The highest BCUT2D eigenvalue weighted by Gasteiger charge is 2.07. The molecular formula is C19H24FIN4O2. The quantitative estimate of drug-likeness (QED) is 0.333. The fourth-order valence-corrected chi connectivity index (χ4v) is 2.39. The van der Waals surface area contributed by atoms with Crippen LogP contribution in [0.4, 0.5) is 10.1 Å². The van der Waals surface area contributed by atoms with E-state index in [4.69, 9.17) is 4.74 Å². The van der Waals surface area contributed by atoms with E-state index in [1.165, 1.54) is 19.1 Å². The Morgan fingerprint density at radius 2 is 1.78 bits per heavy atom. The van der Waals surface area contributed by atoms with Gasteiger partial charge in [-0.05, 0) is 35.4 Å². The summed E-state index contributed by atoms with van der Waals surface area (Å²) in [6, 6.07) is 11.9. The molecule has 0 atom stereocenters. The number of rotatable bonds is 6. The largest absolute Gasteiger partial charge is 0.495 e. The van der Waals surface area contributed by atoms with Crippen molar-refractivity contribution in [3.63, 3.8) is 0 Å². The second-order valence-corrected chi connectivity index (χ2v) is 5.63. The van der Waals surface area contributed by atoms with Crippen molar-refractivity contribution in [1.82, 2.24) is 10.6 Å². The van der Waals surface area contributed by atoms with Gasteiger partial charge in [0.2, 0.25) is 5.91 Å². The summed E-state index contributed by atoms with van der Waals surface area (Å²) in [7, 11) is 3.22. The summed E-state index contributed by atoms with van der Waals surface area (Å²) in [4.78, 5) is 15.5. The van der Waals surface area contributed by atoms with Gasteiger partial charge in [-0.3, -0.25) is 9.79 Å². The van der Waals surface area contributed by atoms with Crippen molar-refractivity contribution >= 4 is 41.5 Å². The average molecular weight is 486 g/mol. The summed E-state index contributed by atoms with van der Waals surface area (Å²) >= 11 is 0. The zero-order valence-electron chi connectivity index (χ0n) is 15.5. The lowest BCUT2D eigenvalue weighted by Crippen LogP contribution is -2.36. The molecule has 6 nitrogen and oxygen atoms in total. The Morgan fingerprint density at radius 1 is 1.11 bits per heavy atom. The van der Waals surface area contributed by atoms with E-state index in [1.807, 2.05) is 18.2 Å². The van der Waals surface area contributed by atoms with Crippen LogP contribution in [0.5, 0.6) is 5.75 Å². The number of aliphatic imine (C=N–C) groups is 1. The van der Waals surface area contributed by atoms with Crippen LogP contribution in [0.15, 0.2) is 47.5 Å². The number of ether oxygens (including phenoxy) is 1. The number of nitrogens with zero attached hydrogens (tertiary/aromatic N) is 1. The Bertz CT molecular complexity index is 799. The topological polar surface area (TPSA) is 74.8 Å². The molecule has 0 radical (unpaired) electrons. The van der Waals surface area contributed by atoms with Crippen molar-refractivity contribution in [3.8, 4) is 5.75 Å². The standard InChI is InChI=1S/C19H23FN4O2.HI/c1-13(25)24-17-10-15(7-8-18(17)26-3)12-23-19(21-2)22-11-14-5-4-6-16(20)9-14;/h4-10H,11-12H2,1-3H3,(H,24,25)(H2,21,22,23);1H. The molecule has 0 aliphatic carbocycles. The van der Waals surface area contributed by atoms with Crippen LogP contribution in [0.1, 0.15) is 18.1 Å². The van der Waals surface area contributed by atoms with Gasteiger partial charge >= 0.3 is 0 Å². The number of methoxy groups -OCH3 is 1. The molecule has 0 aromatic heterocycles. The number of guanidine groups is 1. The lowest BCUT2D eigenvalue weighted by Gasteiger charge is -2.14. The first kappa shape index (κ1) is 22.7. The number of nitrogens with one attached hydrogen (secondary N) is 3. The lowest BCUT2D eigenvalue weighted by molar-refractivity contribution is -0.114. The number of benzene rings is 2. The number of halogens is 2. The first-order valence-electron chi connectivity index (χ1n) is 8.15. The maximum atomic E-state index is 13.2. The molecule has 3 N–H and O–H groups in total. The Labute approximate surface area is 175 Å². The van der Waals surface area contributed by atoms with Crippen LogP contribution >= 0.6 is 24.0 Å². The van der Waals surface area contributed by atoms with Crippen molar-refractivity contribution in [2.45, 2.75) is 20.0 Å². The first-order valence-corrected chi connectivity index (χ1v) is 8.15. The molecule has 0 saturated heterocycles. The van der Waals surface area contributed by atoms with E-state index in [0.717, 1.165) is 11.1 Å². The second kappa shape index (κ2) is 11.4. The highest BCUT2D eigenvalue weighted by atomic mass is 127. The summed E-state index contributed by atoms with van der Waals surface area (Å²) in [5.74, 6) is 0.751. The first-order chi connectivity index (χ1) is 12.5. The third-order valence-electron chi connectivity index (χ3n) is 3.61. The van der Waals surface area contributed by atoms with Crippen LogP contribution < -0.4 is 20.7 Å². The SMILES string of the molecule is CN=C(NCc1cccc(F)c1)NCc1ccc(OC)c(NC(C)=O)c1.I. The molecule has 0 fully saturated rings. The van der Waals surface area contributed by atoms with Crippen molar-refractivity contribution in [2.75, 3.05) is 19.5 Å². The van der Waals surface area contributed by atoms with Gasteiger partial charge in [-0.1, -0.05) is 18.2 Å². The van der Waals surface area contributed by atoms with E-state index < -0.39 is 0 Å². The summed E-state index contributed by atoms with van der Waals surface area (Å²) in [6.45, 7) is 2.40. The summed E-state index contributed by atoms with van der Waals surface area (Å²) in [5, 5.41) is 9.06. The van der Waals surface area contributed by atoms with Gasteiger partial charge in [0, 0.05) is 27.1 Å². The molecule has 2 rings (SSSR count). The van der Waals surface area contributed by atoms with Crippen molar-refractivity contribution in [3.05, 3.63) is 59.4 Å². The molecule has 8 heteroatoms. The second-order valence-electron chi connectivity index (χ2n) is 5.63. The monoisotopic (exact) mass is 486 g/mol. The van der Waals surface area contributed by atoms with E-state index in [1.54, 1.807) is 26.3 Å². The van der Waals surface area contributed by atoms with Gasteiger partial charge in [0.15, 0.2) is 5.96 Å². The summed E-state index contributed by atoms with van der Waals surface area (Å²) in [5.41, 5.74) is 2.38. The van der Waals surface area contributed by atoms with Crippen LogP contribution in [-0.4, -0.2) is 26.0 Å². The minimum Gasteiger partial charge on any atom is -0.495 e. The molecule has 0 aliphatic rings. The third-order valence-corrected chi connectivity index (χ3v) is 3.61. The Balaban J connectivity index is 0.00000364. The van der Waals surface area contributed by atoms with Gasteiger partial charge in [0.25, 0.3) is 0 Å². The number of carbonyl (C=O) groups is 1. The molecule has 27 heavy (non-hydrogen) atoms. The maximum absolute atomic E-state index is 13.2. The van der Waals surface area contributed by atoms with Crippen LogP contribution in [0.2, 0.25) is 0 Å². The highest BCUT2D eigenvalue weighted by molar-refractivity contribution is 14.0. The number of anilines is 1. The molecule has 0 aliphatic heterocycles. The van der Waals surface area contributed by atoms with E-state index in [2.05, 4.69) is 20.9 Å². The van der Waals surface area contributed by atoms with Crippen molar-refractivity contribution in [2.24, 2.45) is 4.99 Å². The zero-order chi connectivity index (χ0) is 18.9. The highest BCUT2D eigenvalue weighted by Crippen LogP contribution is 2.25. The Kier molecular flexibility index (Phi) is 9.55. The molecular weight excluding hydrogens is 462 g/mol. The van der Waals surface area contributed by atoms with Gasteiger partial charge < -0.3 is 20.7 Å². The van der Waals surface area contributed by atoms with E-state index >= 15 is 0 Å². The van der Waals surface area contributed by atoms with Crippen LogP contribution in [0, 0.1) is 5.82 Å². The maximum Gasteiger partial charge on any atom is 0.221 e. The molecule has 2 aromatic rings. The van der Waals surface area contributed by atoms with Crippen molar-refractivity contribution < 1.29 is 13.9 Å². The molecule has 0 bridgehead atoms. The molecule has 2 aromatic carbocycles. The molecule has 146 valence electrons. The van der Waals surface area contributed by atoms with Crippen LogP contribution in [0.3, 0.4) is 0 Å². The van der Waals surface area contributed by atoms with E-state index in [0.29, 0.717) is 30.5 Å². The minimum atomic E-state index is -0.268. The molecule has 0 unspecified atom stereocenters. The predicted molar refractivity (Wildman–Crippen MR) is 116 cm³/mol. The fourth-order valence-electron chi connectivity index (χ4n) is 2.39. The van der Waals surface area contributed by atoms with E-state index in [-0.39, 0.29) is 35.7 Å². The Morgan fingerprint density at radius 3 is 2.33 bits per heavy atom. The molecule has 0 spiro atoms. The number of hydrogen-bond donors (Lipinski definition) is 3. The fraction of sp³-hybridized carbons (Fsp3) is 0.263. The van der Waals surface area contributed by atoms with Gasteiger partial charge in [0.05, 0.1) is 12.8 Å². The van der Waals surface area contributed by atoms with Crippen molar-refractivity contribution in [1.29, 1.82) is 0 Å². The average Bonchev–Trinajstić information content (AvgIpc) is 2.61. The third kappa shape index (κ3) is 7.41. The molecule has 1 amide bonds. The summed E-state index contributed by atoms with van der Waals surface area (Å²) in [6.07, 6.45) is 0. The summed E-state index contributed by atoms with van der Waals surface area (Å²) < 4.78 is 18.5. The number of amides is 1. The van der Waals surface area contributed by atoms with E-state index in [9.17, 15) is 9.18 Å². The van der Waals surface area contributed by atoms with Gasteiger partial charge in [0.1, 0.15) is 11.6 Å². The predicted octanol–water partition coefficient (Wildman–Crippen LogP) is 3.28. The zero-order valence-corrected chi connectivity index (χ0v) is 17.8. The van der Waals surface area contributed by atoms with Gasteiger partial charge in [-0.15, -0.1) is 24.0 Å². The number of hydrogen-bond acceptors (Lipinski definition) is 3. The van der Waals surface area contributed by atoms with Crippen LogP contribution in [-0.2, 0) is 17.9 Å². The smallest absolute Gasteiger partial charge is 0.221 e. The normalized spacial score (nSPS) is 10.6. The van der Waals surface area contributed by atoms with Gasteiger partial charge in [-0.25, -0.2) is 4.39 Å². The Hall–Kier alpha value is -2.36. The van der Waals surface area contributed by atoms with Gasteiger partial charge in [-0.2, -0.15) is 0 Å². The molecule has 0 saturated carbocycles. The lowest BCUT2D eigenvalue weighted by atomic mass is 10.2. The molecule has 0 heterocycles. The van der Waals surface area contributed by atoms with Crippen LogP contribution in [0.25, 0.3) is 0 Å². The number of carbonyl (C=O) groups excluding carboxylic acids is 1. The minimum absolute atomic E-state index is 0.